The van der Waals surface area contributed by atoms with Gasteiger partial charge in [-0.3, -0.25) is 0 Å². The first-order valence-electron chi connectivity index (χ1n) is 11.6. The van der Waals surface area contributed by atoms with Crippen molar-refractivity contribution in [3.05, 3.63) is 29.8 Å². The lowest BCUT2D eigenvalue weighted by atomic mass is 9.69. The van der Waals surface area contributed by atoms with Crippen LogP contribution in [0, 0.1) is 11.8 Å². The Morgan fingerprint density at radius 1 is 1.15 bits per heavy atom. The molecular weight excluding hydrogens is 330 g/mol. The molecule has 1 saturated heterocycles. The van der Waals surface area contributed by atoms with Crippen LogP contribution in [0.2, 0.25) is 0 Å². The predicted molar refractivity (Wildman–Crippen MR) is 116 cm³/mol. The smallest absolute Gasteiger partial charge is 0.119 e. The molecule has 0 spiro atoms. The van der Waals surface area contributed by atoms with E-state index in [2.05, 4.69) is 49.9 Å². The molecule has 3 atom stereocenters. The van der Waals surface area contributed by atoms with Crippen LogP contribution in [-0.4, -0.2) is 31.1 Å². The average molecular weight is 372 g/mol. The van der Waals surface area contributed by atoms with Crippen LogP contribution in [0.15, 0.2) is 24.3 Å². The SMILES string of the molecule is CCCOc1cccc(C23CCCC2CN(CCC(C)CCC)CCC3)c1. The summed E-state index contributed by atoms with van der Waals surface area (Å²) >= 11 is 0. The van der Waals surface area contributed by atoms with Crippen molar-refractivity contribution in [2.45, 2.75) is 84.0 Å². The second-order valence-electron chi connectivity index (χ2n) is 9.21. The number of hydrogen-bond donors (Lipinski definition) is 0. The molecule has 1 aromatic carbocycles. The topological polar surface area (TPSA) is 12.5 Å². The molecule has 27 heavy (non-hydrogen) atoms. The second-order valence-corrected chi connectivity index (χ2v) is 9.21. The molecule has 0 amide bonds. The number of rotatable bonds is 9. The maximum absolute atomic E-state index is 5.96. The fourth-order valence-electron chi connectivity index (χ4n) is 5.64. The van der Waals surface area contributed by atoms with Crippen LogP contribution in [0.4, 0.5) is 0 Å². The van der Waals surface area contributed by atoms with Crippen LogP contribution >= 0.6 is 0 Å². The maximum Gasteiger partial charge on any atom is 0.119 e. The zero-order chi connectivity index (χ0) is 19.1. The molecule has 0 radical (unpaired) electrons. The van der Waals surface area contributed by atoms with Crippen molar-refractivity contribution in [2.24, 2.45) is 11.8 Å². The van der Waals surface area contributed by atoms with E-state index < -0.39 is 0 Å². The van der Waals surface area contributed by atoms with Gasteiger partial charge in [0.1, 0.15) is 5.75 Å². The lowest BCUT2D eigenvalue weighted by Crippen LogP contribution is -2.36. The Bertz CT molecular complexity index is 571. The Labute approximate surface area is 167 Å². The lowest BCUT2D eigenvalue weighted by molar-refractivity contribution is 0.209. The minimum Gasteiger partial charge on any atom is -0.494 e. The standard InChI is InChI=1S/C25H41NO/c1-4-9-21(3)13-17-26-16-8-15-25(14-7-11-23(25)20-26)22-10-6-12-24(19-22)27-18-5-2/h6,10,12,19,21,23H,4-5,7-9,11,13-18,20H2,1-3H3. The monoisotopic (exact) mass is 371 g/mol. The highest BCUT2D eigenvalue weighted by atomic mass is 16.5. The molecule has 0 N–H and O–H groups in total. The van der Waals surface area contributed by atoms with Crippen molar-refractivity contribution >= 4 is 0 Å². The Morgan fingerprint density at radius 2 is 2.00 bits per heavy atom. The first-order valence-corrected chi connectivity index (χ1v) is 11.6. The van der Waals surface area contributed by atoms with Gasteiger partial charge in [0.2, 0.25) is 0 Å². The highest BCUT2D eigenvalue weighted by Crippen LogP contribution is 2.51. The summed E-state index contributed by atoms with van der Waals surface area (Å²) in [6.45, 7) is 11.6. The molecule has 1 heterocycles. The minimum absolute atomic E-state index is 0.398. The molecule has 1 aliphatic carbocycles. The maximum atomic E-state index is 5.96. The van der Waals surface area contributed by atoms with Crippen molar-refractivity contribution in [2.75, 3.05) is 26.2 Å². The molecule has 152 valence electrons. The number of benzene rings is 1. The number of nitrogens with zero attached hydrogens (tertiary/aromatic N) is 1. The Kier molecular flexibility index (Phi) is 7.64. The van der Waals surface area contributed by atoms with Crippen LogP contribution in [0.1, 0.15) is 84.1 Å². The average Bonchev–Trinajstić information content (AvgIpc) is 2.99. The largest absolute Gasteiger partial charge is 0.494 e. The molecule has 0 aromatic heterocycles. The van der Waals surface area contributed by atoms with Gasteiger partial charge >= 0.3 is 0 Å². The van der Waals surface area contributed by atoms with E-state index in [0.717, 1.165) is 30.6 Å². The summed E-state index contributed by atoms with van der Waals surface area (Å²) in [5.74, 6) is 2.77. The molecule has 2 heteroatoms. The number of fused-ring (bicyclic) bond motifs is 1. The van der Waals surface area contributed by atoms with E-state index in [4.69, 9.17) is 4.74 Å². The summed E-state index contributed by atoms with van der Waals surface area (Å²) in [4.78, 5) is 2.79. The summed E-state index contributed by atoms with van der Waals surface area (Å²) in [5, 5.41) is 0. The summed E-state index contributed by atoms with van der Waals surface area (Å²) in [6.07, 6.45) is 12.0. The van der Waals surface area contributed by atoms with Crippen LogP contribution < -0.4 is 4.74 Å². The van der Waals surface area contributed by atoms with E-state index in [-0.39, 0.29) is 0 Å². The third-order valence-corrected chi connectivity index (χ3v) is 7.13. The summed E-state index contributed by atoms with van der Waals surface area (Å²) in [5.41, 5.74) is 1.95. The molecule has 1 aliphatic heterocycles. The summed E-state index contributed by atoms with van der Waals surface area (Å²) in [6, 6.07) is 9.11. The first-order chi connectivity index (χ1) is 13.2. The Balaban J connectivity index is 1.70. The van der Waals surface area contributed by atoms with E-state index in [1.54, 1.807) is 5.56 Å². The molecule has 2 fully saturated rings. The molecule has 3 rings (SSSR count). The van der Waals surface area contributed by atoms with Gasteiger partial charge in [0.15, 0.2) is 0 Å². The van der Waals surface area contributed by atoms with Crippen molar-refractivity contribution in [3.8, 4) is 5.75 Å². The quantitative estimate of drug-likeness (QED) is 0.495. The highest BCUT2D eigenvalue weighted by Gasteiger charge is 2.45. The van der Waals surface area contributed by atoms with E-state index in [1.165, 1.54) is 71.0 Å². The molecule has 2 nitrogen and oxygen atoms in total. The van der Waals surface area contributed by atoms with E-state index >= 15 is 0 Å². The zero-order valence-corrected chi connectivity index (χ0v) is 18.0. The molecule has 2 aliphatic rings. The van der Waals surface area contributed by atoms with Crippen LogP contribution in [0.5, 0.6) is 5.75 Å². The van der Waals surface area contributed by atoms with Gasteiger partial charge < -0.3 is 9.64 Å². The van der Waals surface area contributed by atoms with Gasteiger partial charge in [-0.1, -0.05) is 52.2 Å². The zero-order valence-electron chi connectivity index (χ0n) is 18.0. The molecule has 0 bridgehead atoms. The summed E-state index contributed by atoms with van der Waals surface area (Å²) < 4.78 is 5.96. The third-order valence-electron chi connectivity index (χ3n) is 7.13. The molecule has 1 saturated carbocycles. The third kappa shape index (κ3) is 5.08. The Morgan fingerprint density at radius 3 is 2.81 bits per heavy atom. The van der Waals surface area contributed by atoms with Crippen LogP contribution in [0.25, 0.3) is 0 Å². The fraction of sp³-hybridized carbons (Fsp3) is 0.760. The van der Waals surface area contributed by atoms with Gasteiger partial charge in [-0.2, -0.15) is 0 Å². The normalized spacial score (nSPS) is 27.1. The van der Waals surface area contributed by atoms with Crippen molar-refractivity contribution < 1.29 is 4.74 Å². The van der Waals surface area contributed by atoms with Crippen molar-refractivity contribution in [1.82, 2.24) is 4.90 Å². The van der Waals surface area contributed by atoms with Gasteiger partial charge in [-0.05, 0) is 86.6 Å². The number of ether oxygens (including phenoxy) is 1. The van der Waals surface area contributed by atoms with E-state index in [1.807, 2.05) is 0 Å². The van der Waals surface area contributed by atoms with Crippen LogP contribution in [-0.2, 0) is 5.41 Å². The Hall–Kier alpha value is -1.02. The number of likely N-dealkylation sites (tertiary alicyclic amines) is 1. The van der Waals surface area contributed by atoms with Crippen molar-refractivity contribution in [3.63, 3.8) is 0 Å². The number of hydrogen-bond acceptors (Lipinski definition) is 2. The second kappa shape index (κ2) is 9.96. The van der Waals surface area contributed by atoms with Gasteiger partial charge in [-0.15, -0.1) is 0 Å². The minimum atomic E-state index is 0.398. The van der Waals surface area contributed by atoms with E-state index in [0.29, 0.717) is 5.41 Å². The molecule has 1 aromatic rings. The highest BCUT2D eigenvalue weighted by molar-refractivity contribution is 5.36. The van der Waals surface area contributed by atoms with Crippen LogP contribution in [0.3, 0.4) is 0 Å². The van der Waals surface area contributed by atoms with Crippen molar-refractivity contribution in [1.29, 1.82) is 0 Å². The van der Waals surface area contributed by atoms with Gasteiger partial charge in [0, 0.05) is 6.54 Å². The molecule has 3 unspecified atom stereocenters. The van der Waals surface area contributed by atoms with Gasteiger partial charge in [-0.25, -0.2) is 0 Å². The van der Waals surface area contributed by atoms with E-state index in [9.17, 15) is 0 Å². The van der Waals surface area contributed by atoms with Gasteiger partial charge in [0.25, 0.3) is 0 Å². The summed E-state index contributed by atoms with van der Waals surface area (Å²) in [7, 11) is 0. The predicted octanol–water partition coefficient (Wildman–Crippen LogP) is 6.44. The van der Waals surface area contributed by atoms with Gasteiger partial charge in [0.05, 0.1) is 6.61 Å². The lowest BCUT2D eigenvalue weighted by Gasteiger charge is -2.36. The fourth-order valence-corrected chi connectivity index (χ4v) is 5.64. The molecular formula is C25H41NO. The first kappa shape index (κ1) is 20.7.